The molecule has 140 valence electrons. The maximum atomic E-state index is 13.0. The molecule has 0 saturated heterocycles. The molecule has 9 heteroatoms. The van der Waals surface area contributed by atoms with Gasteiger partial charge in [-0.15, -0.1) is 22.7 Å². The standard InChI is InChI=1S/C19H13N3O4S2/c23-17(14-8-25-12-4-1-2-5-13(12)26-14)21-22-10-20-18-16(19(22)24)11(9-28-18)15-6-3-7-27-15/h1-7,9-10,14H,8H2,(H,21,23)/t14-/m0/s1. The molecular formula is C19H13N3O4S2. The molecule has 1 atom stereocenters. The first-order chi connectivity index (χ1) is 13.7. The van der Waals surface area contributed by atoms with E-state index in [2.05, 4.69) is 10.4 Å². The average molecular weight is 411 g/mol. The largest absolute Gasteiger partial charge is 0.485 e. The van der Waals surface area contributed by atoms with Gasteiger partial charge in [0, 0.05) is 15.8 Å². The molecule has 1 N–H and O–H groups in total. The second-order valence-electron chi connectivity index (χ2n) is 6.07. The highest BCUT2D eigenvalue weighted by atomic mass is 32.1. The van der Waals surface area contributed by atoms with E-state index in [9.17, 15) is 9.59 Å². The number of benzene rings is 1. The van der Waals surface area contributed by atoms with Gasteiger partial charge < -0.3 is 9.47 Å². The molecule has 0 aliphatic carbocycles. The summed E-state index contributed by atoms with van der Waals surface area (Å²) in [6.07, 6.45) is 0.450. The molecule has 1 aliphatic rings. The maximum Gasteiger partial charge on any atom is 0.283 e. The Morgan fingerprint density at radius 1 is 1.18 bits per heavy atom. The summed E-state index contributed by atoms with van der Waals surface area (Å²) in [5.74, 6) is 0.601. The van der Waals surface area contributed by atoms with Gasteiger partial charge in [-0.25, -0.2) is 9.66 Å². The first-order valence-corrected chi connectivity index (χ1v) is 10.2. The van der Waals surface area contributed by atoms with E-state index in [-0.39, 0.29) is 12.2 Å². The van der Waals surface area contributed by atoms with E-state index in [0.717, 1.165) is 15.1 Å². The van der Waals surface area contributed by atoms with E-state index in [1.807, 2.05) is 29.0 Å². The summed E-state index contributed by atoms with van der Waals surface area (Å²) < 4.78 is 12.4. The Morgan fingerprint density at radius 3 is 2.86 bits per heavy atom. The molecule has 28 heavy (non-hydrogen) atoms. The topological polar surface area (TPSA) is 82.5 Å². The highest BCUT2D eigenvalue weighted by molar-refractivity contribution is 7.18. The summed E-state index contributed by atoms with van der Waals surface area (Å²) in [5.41, 5.74) is 3.06. The Kier molecular flexibility index (Phi) is 4.10. The third-order valence-corrected chi connectivity index (χ3v) is 6.10. The van der Waals surface area contributed by atoms with Crippen LogP contribution >= 0.6 is 22.7 Å². The summed E-state index contributed by atoms with van der Waals surface area (Å²) in [6.45, 7) is 0.0617. The number of nitrogens with one attached hydrogen (secondary N) is 1. The molecular weight excluding hydrogens is 398 g/mol. The van der Waals surface area contributed by atoms with Crippen LogP contribution in [0.1, 0.15) is 0 Å². The Bertz CT molecular complexity index is 1230. The van der Waals surface area contributed by atoms with Crippen molar-refractivity contribution in [3.05, 3.63) is 63.8 Å². The molecule has 0 fully saturated rings. The molecule has 7 nitrogen and oxygen atoms in total. The molecule has 4 heterocycles. The van der Waals surface area contributed by atoms with Crippen LogP contribution in [0.4, 0.5) is 0 Å². The number of carbonyl (C=O) groups is 1. The van der Waals surface area contributed by atoms with Crippen molar-refractivity contribution < 1.29 is 14.3 Å². The first-order valence-electron chi connectivity index (χ1n) is 8.43. The zero-order chi connectivity index (χ0) is 19.1. The minimum absolute atomic E-state index is 0.0617. The Hall–Kier alpha value is -3.17. The Morgan fingerprint density at radius 2 is 2.04 bits per heavy atom. The van der Waals surface area contributed by atoms with Crippen molar-refractivity contribution in [3.63, 3.8) is 0 Å². The molecule has 0 spiro atoms. The predicted octanol–water partition coefficient (Wildman–Crippen LogP) is 3.10. The molecule has 0 saturated carbocycles. The molecule has 4 aromatic rings. The Labute approximate surface area is 166 Å². The van der Waals surface area contributed by atoms with Crippen molar-refractivity contribution in [2.45, 2.75) is 6.10 Å². The number of aromatic nitrogens is 2. The van der Waals surface area contributed by atoms with Crippen LogP contribution in [0.25, 0.3) is 20.7 Å². The van der Waals surface area contributed by atoms with Crippen molar-refractivity contribution in [3.8, 4) is 21.9 Å². The van der Waals surface area contributed by atoms with E-state index in [1.165, 1.54) is 17.7 Å². The predicted molar refractivity (Wildman–Crippen MR) is 108 cm³/mol. The fourth-order valence-electron chi connectivity index (χ4n) is 2.96. The summed E-state index contributed by atoms with van der Waals surface area (Å²) >= 11 is 2.95. The van der Waals surface area contributed by atoms with Crippen LogP contribution in [0, 0.1) is 0 Å². The van der Waals surface area contributed by atoms with E-state index >= 15 is 0 Å². The van der Waals surface area contributed by atoms with Gasteiger partial charge in [0.25, 0.3) is 11.5 Å². The number of para-hydroxylation sites is 2. The zero-order valence-electron chi connectivity index (χ0n) is 14.3. The second kappa shape index (κ2) is 6.77. The summed E-state index contributed by atoms with van der Waals surface area (Å²) in [6, 6.07) is 11.0. The average Bonchev–Trinajstić information content (AvgIpc) is 3.39. The number of thiophene rings is 2. The fourth-order valence-corrected chi connectivity index (χ4v) is 4.69. The lowest BCUT2D eigenvalue weighted by Crippen LogP contribution is -2.45. The highest BCUT2D eigenvalue weighted by Gasteiger charge is 2.28. The monoisotopic (exact) mass is 411 g/mol. The van der Waals surface area contributed by atoms with Crippen LogP contribution in [0.2, 0.25) is 0 Å². The zero-order valence-corrected chi connectivity index (χ0v) is 16.0. The SMILES string of the molecule is O=C(Nn1cnc2scc(-c3cccs3)c2c1=O)[C@@H]1COc2ccccc2O1. The molecule has 0 bridgehead atoms. The van der Waals surface area contributed by atoms with Gasteiger partial charge in [-0.2, -0.15) is 0 Å². The van der Waals surface area contributed by atoms with Crippen molar-refractivity contribution in [2.24, 2.45) is 0 Å². The van der Waals surface area contributed by atoms with Crippen LogP contribution in [0.15, 0.2) is 58.3 Å². The number of amides is 1. The molecule has 1 aromatic carbocycles. The van der Waals surface area contributed by atoms with Crippen molar-refractivity contribution in [1.82, 2.24) is 9.66 Å². The maximum absolute atomic E-state index is 13.0. The van der Waals surface area contributed by atoms with E-state index < -0.39 is 12.0 Å². The normalized spacial score (nSPS) is 15.5. The number of carbonyl (C=O) groups excluding carboxylic acids is 1. The van der Waals surface area contributed by atoms with Crippen LogP contribution in [-0.2, 0) is 4.79 Å². The smallest absolute Gasteiger partial charge is 0.283 e. The third kappa shape index (κ3) is 2.85. The first kappa shape index (κ1) is 17.0. The van der Waals surface area contributed by atoms with Crippen molar-refractivity contribution in [2.75, 3.05) is 12.0 Å². The van der Waals surface area contributed by atoms with Gasteiger partial charge in [-0.05, 0) is 23.6 Å². The fraction of sp³-hybridized carbons (Fsp3) is 0.105. The second-order valence-corrected chi connectivity index (χ2v) is 7.87. The quantitative estimate of drug-likeness (QED) is 0.560. The Balaban J connectivity index is 1.44. The number of nitrogens with zero attached hydrogens (tertiary/aromatic N) is 2. The van der Waals surface area contributed by atoms with Crippen LogP contribution in [0.5, 0.6) is 11.5 Å². The number of ether oxygens (including phenoxy) is 2. The van der Waals surface area contributed by atoms with Gasteiger partial charge >= 0.3 is 0 Å². The molecule has 3 aromatic heterocycles. The van der Waals surface area contributed by atoms with Crippen LogP contribution in [-0.4, -0.2) is 28.3 Å². The number of hydrogen-bond acceptors (Lipinski definition) is 7. The number of fused-ring (bicyclic) bond motifs is 2. The third-order valence-electron chi connectivity index (χ3n) is 4.31. The molecule has 1 amide bonds. The van der Waals surface area contributed by atoms with E-state index in [0.29, 0.717) is 21.7 Å². The molecule has 5 rings (SSSR count). The number of rotatable bonds is 3. The van der Waals surface area contributed by atoms with Gasteiger partial charge in [-0.1, -0.05) is 18.2 Å². The summed E-state index contributed by atoms with van der Waals surface area (Å²) in [4.78, 5) is 31.5. The van der Waals surface area contributed by atoms with Crippen molar-refractivity contribution in [1.29, 1.82) is 0 Å². The van der Waals surface area contributed by atoms with E-state index in [4.69, 9.17) is 9.47 Å². The molecule has 1 aliphatic heterocycles. The lowest BCUT2D eigenvalue weighted by Gasteiger charge is -2.25. The van der Waals surface area contributed by atoms with Crippen LogP contribution < -0.4 is 20.5 Å². The summed E-state index contributed by atoms with van der Waals surface area (Å²) in [5, 5.41) is 4.35. The lowest BCUT2D eigenvalue weighted by molar-refractivity contribution is -0.126. The van der Waals surface area contributed by atoms with Gasteiger partial charge in [0.2, 0.25) is 6.10 Å². The van der Waals surface area contributed by atoms with Gasteiger partial charge in [0.15, 0.2) is 11.5 Å². The van der Waals surface area contributed by atoms with Crippen LogP contribution in [0.3, 0.4) is 0 Å². The highest BCUT2D eigenvalue weighted by Crippen LogP contribution is 2.33. The lowest BCUT2D eigenvalue weighted by atomic mass is 10.2. The number of hydrogen-bond donors (Lipinski definition) is 1. The van der Waals surface area contributed by atoms with Gasteiger partial charge in [-0.3, -0.25) is 15.0 Å². The van der Waals surface area contributed by atoms with Gasteiger partial charge in [0.1, 0.15) is 17.8 Å². The minimum atomic E-state index is -0.864. The van der Waals surface area contributed by atoms with E-state index in [1.54, 1.807) is 29.5 Å². The minimum Gasteiger partial charge on any atom is -0.485 e. The molecule has 0 unspecified atom stereocenters. The van der Waals surface area contributed by atoms with Gasteiger partial charge in [0.05, 0.1) is 5.39 Å². The summed E-state index contributed by atoms with van der Waals surface area (Å²) in [7, 11) is 0. The van der Waals surface area contributed by atoms with Crippen molar-refractivity contribution >= 4 is 38.8 Å². The molecule has 0 radical (unpaired) electrons.